The molecule has 2 N–H and O–H groups in total. The van der Waals surface area contributed by atoms with Crippen molar-refractivity contribution in [1.82, 2.24) is 9.80 Å². The van der Waals surface area contributed by atoms with Gasteiger partial charge in [-0.25, -0.2) is 9.28 Å². The number of aliphatic carboxylic acids is 1. The second-order valence-electron chi connectivity index (χ2n) is 12.1. The zero-order valence-corrected chi connectivity index (χ0v) is 24.9. The number of carboxylic acids is 1. The molecule has 0 aliphatic carbocycles. The molecule has 1 amide bonds. The van der Waals surface area contributed by atoms with Gasteiger partial charge >= 0.3 is 11.9 Å². The number of piperidine rings is 1. The monoisotopic (exact) mass is 587 g/mol. The fourth-order valence-electron chi connectivity index (χ4n) is 6.74. The minimum atomic E-state index is -1.77. The minimum Gasteiger partial charge on any atom is -0.486 e. The average Bonchev–Trinajstić information content (AvgIpc) is 3.01. The summed E-state index contributed by atoms with van der Waals surface area (Å²) in [6, 6.07) is 10.4. The van der Waals surface area contributed by atoms with Crippen molar-refractivity contribution in [2.45, 2.75) is 45.4 Å². The zero-order chi connectivity index (χ0) is 28.9. The summed E-state index contributed by atoms with van der Waals surface area (Å²) in [7, 11) is 0. The van der Waals surface area contributed by atoms with Crippen molar-refractivity contribution in [2.75, 3.05) is 38.6 Å². The minimum absolute atomic E-state index is 0.0311. The van der Waals surface area contributed by atoms with E-state index < -0.39 is 23.2 Å². The normalized spacial score (nSPS) is 28.4. The summed E-state index contributed by atoms with van der Waals surface area (Å²) in [6.07, 6.45) is 0.350. The maximum atomic E-state index is 14.7. The van der Waals surface area contributed by atoms with Crippen LogP contribution in [0.3, 0.4) is 0 Å². The molecule has 10 heteroatoms. The summed E-state index contributed by atoms with van der Waals surface area (Å²) in [5.41, 5.74) is 0.217. The van der Waals surface area contributed by atoms with E-state index in [0.29, 0.717) is 54.9 Å². The lowest BCUT2D eigenvalue weighted by Gasteiger charge is -2.52. The van der Waals surface area contributed by atoms with Crippen molar-refractivity contribution >= 4 is 46.7 Å². The number of nitrogens with one attached hydrogen (secondary N) is 1. The van der Waals surface area contributed by atoms with Crippen LogP contribution >= 0.6 is 23.4 Å². The highest BCUT2D eigenvalue weighted by atomic mass is 35.5. The number of ketones is 1. The number of thioether (sulfide) groups is 1. The van der Waals surface area contributed by atoms with E-state index in [1.165, 1.54) is 18.7 Å². The Morgan fingerprint density at radius 1 is 1.18 bits per heavy atom. The molecule has 2 aromatic carbocycles. The van der Waals surface area contributed by atoms with Gasteiger partial charge in [-0.15, -0.1) is 11.8 Å². The molecule has 2 aromatic rings. The van der Waals surface area contributed by atoms with Crippen LogP contribution in [0.15, 0.2) is 36.4 Å². The quantitative estimate of drug-likeness (QED) is 0.378. The van der Waals surface area contributed by atoms with Gasteiger partial charge in [-0.05, 0) is 25.1 Å². The van der Waals surface area contributed by atoms with Gasteiger partial charge in [-0.3, -0.25) is 9.59 Å². The van der Waals surface area contributed by atoms with Crippen molar-refractivity contribution in [2.24, 2.45) is 10.8 Å². The van der Waals surface area contributed by atoms with Crippen LogP contribution in [0.2, 0.25) is 5.02 Å². The topological polar surface area (TPSA) is 102 Å². The number of quaternary nitrogens is 1. The zero-order valence-electron chi connectivity index (χ0n) is 23.3. The Morgan fingerprint density at radius 2 is 1.93 bits per heavy atom. The van der Waals surface area contributed by atoms with Gasteiger partial charge in [0.2, 0.25) is 0 Å². The number of carboxylic acid groups (broad SMARTS) is 1. The first-order valence-corrected chi connectivity index (χ1v) is 15.0. The SMILES string of the molecule is CC(=O)[C@@]1(C(=O)O)CNCC[C@H]1[N+]1(CC(C)(C)C)C(=O)CSC(c2cccc3c2OCCO3)c2cc(Cl)ccc21. The second-order valence-corrected chi connectivity index (χ2v) is 13.6. The van der Waals surface area contributed by atoms with Crippen LogP contribution in [0.25, 0.3) is 0 Å². The molecule has 1 fully saturated rings. The lowest BCUT2D eigenvalue weighted by Crippen LogP contribution is -2.75. The second kappa shape index (κ2) is 10.7. The van der Waals surface area contributed by atoms with Gasteiger partial charge < -0.3 is 19.9 Å². The number of hydrogen-bond donors (Lipinski definition) is 2. The number of Topliss-reactive ketones (excluding diaryl/α,β-unsaturated/α-hetero) is 1. The summed E-state index contributed by atoms with van der Waals surface area (Å²) >= 11 is 8.09. The highest BCUT2D eigenvalue weighted by Gasteiger charge is 2.65. The van der Waals surface area contributed by atoms with Crippen LogP contribution in [0.4, 0.5) is 5.69 Å². The van der Waals surface area contributed by atoms with Crippen molar-refractivity contribution in [3.8, 4) is 11.5 Å². The lowest BCUT2D eigenvalue weighted by molar-refractivity contribution is -0.163. The van der Waals surface area contributed by atoms with E-state index in [1.807, 2.05) is 51.1 Å². The Morgan fingerprint density at radius 3 is 2.62 bits per heavy atom. The molecule has 5 rings (SSSR count). The smallest absolute Gasteiger partial charge is 0.329 e. The van der Waals surface area contributed by atoms with Crippen LogP contribution < -0.4 is 19.3 Å². The van der Waals surface area contributed by atoms with Gasteiger partial charge in [0, 0.05) is 47.1 Å². The number of carbonyl (C=O) groups is 3. The van der Waals surface area contributed by atoms with Crippen LogP contribution in [-0.4, -0.2) is 67.4 Å². The Bertz CT molecular complexity index is 1340. The number of hydrogen-bond acceptors (Lipinski definition) is 7. The number of ether oxygens (including phenoxy) is 2. The molecule has 1 saturated heterocycles. The van der Waals surface area contributed by atoms with E-state index in [2.05, 4.69) is 5.32 Å². The molecule has 3 aliphatic heterocycles. The van der Waals surface area contributed by atoms with Gasteiger partial charge in [0.15, 0.2) is 22.7 Å². The van der Waals surface area contributed by atoms with Crippen molar-refractivity contribution in [1.29, 1.82) is 0 Å². The van der Waals surface area contributed by atoms with Crippen molar-refractivity contribution in [3.63, 3.8) is 0 Å². The van der Waals surface area contributed by atoms with Crippen molar-refractivity contribution < 1.29 is 29.0 Å². The Balaban J connectivity index is 1.82. The molecule has 0 radical (unpaired) electrons. The van der Waals surface area contributed by atoms with Crippen LogP contribution in [0, 0.1) is 10.8 Å². The molecular formula is C30H36ClN2O6S+. The summed E-state index contributed by atoms with van der Waals surface area (Å²) in [5.74, 6) is -0.364. The van der Waals surface area contributed by atoms with Gasteiger partial charge in [0.25, 0.3) is 0 Å². The first-order valence-electron chi connectivity index (χ1n) is 13.6. The first kappa shape index (κ1) is 28.9. The molecule has 0 aromatic heterocycles. The van der Waals surface area contributed by atoms with Crippen LogP contribution in [0.1, 0.15) is 50.5 Å². The molecule has 40 heavy (non-hydrogen) atoms. The average molecular weight is 588 g/mol. The molecule has 214 valence electrons. The van der Waals surface area contributed by atoms with Gasteiger partial charge in [0.05, 0.1) is 11.8 Å². The van der Waals surface area contributed by atoms with Crippen molar-refractivity contribution in [3.05, 3.63) is 52.5 Å². The predicted octanol–water partition coefficient (Wildman–Crippen LogP) is 4.85. The van der Waals surface area contributed by atoms with E-state index >= 15 is 0 Å². The third-order valence-corrected chi connectivity index (χ3v) is 9.72. The Kier molecular flexibility index (Phi) is 7.72. The molecule has 2 unspecified atom stereocenters. The summed E-state index contributed by atoms with van der Waals surface area (Å²) in [4.78, 5) is 41.1. The number of carbonyl (C=O) groups excluding carboxylic acids is 2. The molecule has 0 bridgehead atoms. The molecule has 8 nitrogen and oxygen atoms in total. The number of halogens is 1. The number of amides is 1. The third kappa shape index (κ3) is 4.70. The Hall–Kier alpha value is -2.59. The van der Waals surface area contributed by atoms with E-state index in [9.17, 15) is 19.5 Å². The Labute approximate surface area is 243 Å². The number of benzene rings is 2. The largest absolute Gasteiger partial charge is 0.486 e. The molecule has 4 atom stereocenters. The maximum Gasteiger partial charge on any atom is 0.329 e. The summed E-state index contributed by atoms with van der Waals surface area (Å²) in [5, 5.41) is 14.0. The van der Waals surface area contributed by atoms with E-state index in [4.69, 9.17) is 21.1 Å². The maximum absolute atomic E-state index is 14.7. The molecule has 0 spiro atoms. The standard InChI is InChI=1S/C30H35ClN2O6S/c1-18(34)30(28(36)37)16-32-11-10-24(30)33(17-29(2,3)4)22-9-8-19(31)14-21(22)27(40-15-25(33)35)20-6-5-7-23-26(20)39-13-12-38-23/h5-9,14,24,27,32H,10-13,15-17H2,1-4H3/p+1/t24-,27?,30+,33?/m1/s1. The van der Waals surface area contributed by atoms with E-state index in [0.717, 1.165) is 11.1 Å². The highest BCUT2D eigenvalue weighted by Crippen LogP contribution is 2.54. The van der Waals surface area contributed by atoms with Gasteiger partial charge in [-0.2, -0.15) is 0 Å². The fourth-order valence-corrected chi connectivity index (χ4v) is 8.19. The number of nitrogens with zero attached hydrogens (tertiary/aromatic N) is 1. The molecule has 3 heterocycles. The lowest BCUT2D eigenvalue weighted by atomic mass is 9.70. The molecular weight excluding hydrogens is 552 g/mol. The fraction of sp³-hybridized carbons (Fsp3) is 0.500. The highest BCUT2D eigenvalue weighted by molar-refractivity contribution is 8.00. The van der Waals surface area contributed by atoms with E-state index in [-0.39, 0.29) is 33.4 Å². The molecule has 3 aliphatic rings. The summed E-state index contributed by atoms with van der Waals surface area (Å²) < 4.78 is 11.7. The van der Waals surface area contributed by atoms with Gasteiger partial charge in [-0.1, -0.05) is 44.5 Å². The van der Waals surface area contributed by atoms with Crippen LogP contribution in [0.5, 0.6) is 11.5 Å². The number of fused-ring (bicyclic) bond motifs is 2. The number of para-hydroxylation sites is 1. The van der Waals surface area contributed by atoms with E-state index in [1.54, 1.807) is 6.07 Å². The first-order chi connectivity index (χ1) is 18.9. The predicted molar refractivity (Wildman–Crippen MR) is 156 cm³/mol. The molecule has 0 saturated carbocycles. The van der Waals surface area contributed by atoms with Gasteiger partial charge in [0.1, 0.15) is 30.7 Å². The summed E-state index contributed by atoms with van der Waals surface area (Å²) in [6.45, 7) is 9.13. The third-order valence-electron chi connectivity index (χ3n) is 8.23. The number of rotatable bonds is 5. The van der Waals surface area contributed by atoms with Crippen LogP contribution in [-0.2, 0) is 14.4 Å².